The van der Waals surface area contributed by atoms with E-state index in [2.05, 4.69) is 26.3 Å². The van der Waals surface area contributed by atoms with Crippen molar-refractivity contribution >= 4 is 32.5 Å². The first-order valence-corrected chi connectivity index (χ1v) is 4.87. The normalized spacial score (nSPS) is 10.5. The highest BCUT2D eigenvalue weighted by Gasteiger charge is 2.10. The molecule has 4 N–H and O–H groups in total. The Labute approximate surface area is 89.5 Å². The van der Waals surface area contributed by atoms with Gasteiger partial charge in [-0.3, -0.25) is 5.84 Å². The summed E-state index contributed by atoms with van der Waals surface area (Å²) in [6.07, 6.45) is 1.86. The van der Waals surface area contributed by atoms with E-state index in [0.29, 0.717) is 0 Å². The molecule has 2 rings (SSSR count). The van der Waals surface area contributed by atoms with Gasteiger partial charge in [-0.1, -0.05) is 0 Å². The molecule has 0 spiro atoms. The highest BCUT2D eigenvalue weighted by atomic mass is 79.9. The molecule has 14 heavy (non-hydrogen) atoms. The number of ether oxygens (including phenoxy) is 1. The number of hydrazine groups is 1. The van der Waals surface area contributed by atoms with Crippen molar-refractivity contribution in [1.29, 1.82) is 0 Å². The Bertz CT molecular complexity index is 466. The van der Waals surface area contributed by atoms with Crippen molar-refractivity contribution in [3.8, 4) is 5.75 Å². The van der Waals surface area contributed by atoms with E-state index in [-0.39, 0.29) is 0 Å². The Morgan fingerprint density at radius 2 is 2.36 bits per heavy atom. The third-order valence-corrected chi connectivity index (χ3v) is 2.94. The van der Waals surface area contributed by atoms with Crippen molar-refractivity contribution in [2.75, 3.05) is 12.5 Å². The van der Waals surface area contributed by atoms with E-state index in [0.717, 1.165) is 26.8 Å². The summed E-state index contributed by atoms with van der Waals surface area (Å²) >= 11 is 3.46. The molecule has 0 aliphatic heterocycles. The van der Waals surface area contributed by atoms with Crippen LogP contribution in [0.1, 0.15) is 0 Å². The molecular formula is C9H10BrN3O. The number of nitrogen functional groups attached to an aromatic ring is 1. The predicted molar refractivity (Wildman–Crippen MR) is 60.4 cm³/mol. The summed E-state index contributed by atoms with van der Waals surface area (Å²) in [5.41, 5.74) is 4.36. The fourth-order valence-electron chi connectivity index (χ4n) is 1.44. The van der Waals surface area contributed by atoms with Gasteiger partial charge in [0, 0.05) is 17.6 Å². The number of rotatable bonds is 2. The van der Waals surface area contributed by atoms with Crippen molar-refractivity contribution in [2.24, 2.45) is 5.84 Å². The van der Waals surface area contributed by atoms with Gasteiger partial charge in [0.1, 0.15) is 5.75 Å². The average Bonchev–Trinajstić information content (AvgIpc) is 2.68. The van der Waals surface area contributed by atoms with Crippen molar-refractivity contribution in [1.82, 2.24) is 4.98 Å². The maximum Gasteiger partial charge on any atom is 0.130 e. The lowest BCUT2D eigenvalue weighted by atomic mass is 10.2. The molecule has 1 aromatic heterocycles. The lowest BCUT2D eigenvalue weighted by Gasteiger charge is -2.08. The van der Waals surface area contributed by atoms with Gasteiger partial charge in [-0.05, 0) is 22.0 Å². The molecule has 0 amide bonds. The fraction of sp³-hybridized carbons (Fsp3) is 0.111. The minimum atomic E-state index is 0.789. The van der Waals surface area contributed by atoms with Gasteiger partial charge in [0.05, 0.1) is 22.8 Å². The van der Waals surface area contributed by atoms with Crippen molar-refractivity contribution < 1.29 is 4.74 Å². The van der Waals surface area contributed by atoms with E-state index in [1.165, 1.54) is 0 Å². The van der Waals surface area contributed by atoms with Crippen LogP contribution in [0.15, 0.2) is 22.8 Å². The Morgan fingerprint density at radius 3 is 3.00 bits per heavy atom. The molecule has 0 saturated carbocycles. The van der Waals surface area contributed by atoms with E-state index in [1.54, 1.807) is 7.11 Å². The van der Waals surface area contributed by atoms with Crippen molar-refractivity contribution in [3.63, 3.8) is 0 Å². The van der Waals surface area contributed by atoms with Gasteiger partial charge in [0.15, 0.2) is 0 Å². The zero-order valence-corrected chi connectivity index (χ0v) is 9.18. The van der Waals surface area contributed by atoms with Crippen LogP contribution < -0.4 is 16.0 Å². The van der Waals surface area contributed by atoms with Gasteiger partial charge in [0.25, 0.3) is 0 Å². The molecule has 0 saturated heterocycles. The van der Waals surface area contributed by atoms with Crippen molar-refractivity contribution in [2.45, 2.75) is 0 Å². The summed E-state index contributed by atoms with van der Waals surface area (Å²) in [4.78, 5) is 3.11. The molecule has 0 fully saturated rings. The van der Waals surface area contributed by atoms with Crippen molar-refractivity contribution in [3.05, 3.63) is 22.8 Å². The number of nitrogens with two attached hydrogens (primary N) is 1. The maximum atomic E-state index is 5.38. The number of fused-ring (bicyclic) bond motifs is 1. The van der Waals surface area contributed by atoms with Crippen LogP contribution >= 0.6 is 15.9 Å². The largest absolute Gasteiger partial charge is 0.496 e. The molecule has 2 aromatic rings. The minimum Gasteiger partial charge on any atom is -0.496 e. The van der Waals surface area contributed by atoms with Crippen LogP contribution in [-0.4, -0.2) is 12.1 Å². The number of halogens is 1. The Kier molecular flexibility index (Phi) is 2.35. The smallest absolute Gasteiger partial charge is 0.130 e. The number of hydrogen-bond acceptors (Lipinski definition) is 3. The summed E-state index contributed by atoms with van der Waals surface area (Å²) in [5, 5.41) is 1.03. The maximum absolute atomic E-state index is 5.38. The number of anilines is 1. The zero-order valence-electron chi connectivity index (χ0n) is 7.60. The van der Waals surface area contributed by atoms with Gasteiger partial charge in [-0.2, -0.15) is 0 Å². The molecule has 5 heteroatoms. The molecule has 4 nitrogen and oxygen atoms in total. The lowest BCUT2D eigenvalue weighted by Crippen LogP contribution is -2.07. The Morgan fingerprint density at radius 1 is 1.57 bits per heavy atom. The quantitative estimate of drug-likeness (QED) is 0.570. The van der Waals surface area contributed by atoms with Gasteiger partial charge in [0.2, 0.25) is 0 Å². The van der Waals surface area contributed by atoms with E-state index >= 15 is 0 Å². The van der Waals surface area contributed by atoms with Gasteiger partial charge < -0.3 is 15.1 Å². The summed E-state index contributed by atoms with van der Waals surface area (Å²) in [5.74, 6) is 6.17. The predicted octanol–water partition coefficient (Wildman–Crippen LogP) is 2.22. The number of methoxy groups -OCH3 is 1. The number of H-pyrrole nitrogens is 1. The molecule has 0 aliphatic carbocycles. The molecule has 0 unspecified atom stereocenters. The fourth-order valence-corrected chi connectivity index (χ4v) is 1.99. The minimum absolute atomic E-state index is 0.789. The third-order valence-electron chi connectivity index (χ3n) is 2.12. The Hall–Kier alpha value is -1.20. The van der Waals surface area contributed by atoms with Crippen LogP contribution in [-0.2, 0) is 0 Å². The molecule has 74 valence electrons. The molecule has 1 aromatic carbocycles. The average molecular weight is 256 g/mol. The molecule has 0 aliphatic rings. The van der Waals surface area contributed by atoms with Gasteiger partial charge in [-0.15, -0.1) is 0 Å². The standard InChI is InChI=1S/C9H10BrN3O/c1-14-7-4-6(13-11)8(10)9-5(7)2-3-12-9/h2-4,12-13H,11H2,1H3. The third kappa shape index (κ3) is 1.25. The molecule has 0 atom stereocenters. The van der Waals surface area contributed by atoms with Crippen LogP contribution in [0.25, 0.3) is 10.9 Å². The highest BCUT2D eigenvalue weighted by molar-refractivity contribution is 9.10. The second kappa shape index (κ2) is 3.51. The van der Waals surface area contributed by atoms with Gasteiger partial charge >= 0.3 is 0 Å². The highest BCUT2D eigenvalue weighted by Crippen LogP contribution is 2.36. The second-order valence-electron chi connectivity index (χ2n) is 2.85. The van der Waals surface area contributed by atoms with Crippen LogP contribution in [0.2, 0.25) is 0 Å². The van der Waals surface area contributed by atoms with E-state index < -0.39 is 0 Å². The van der Waals surface area contributed by atoms with E-state index in [1.807, 2.05) is 18.3 Å². The second-order valence-corrected chi connectivity index (χ2v) is 3.64. The van der Waals surface area contributed by atoms with Crippen LogP contribution in [0, 0.1) is 0 Å². The number of aromatic amines is 1. The SMILES string of the molecule is COc1cc(NN)c(Br)c2[nH]ccc12. The molecule has 0 radical (unpaired) electrons. The molecule has 1 heterocycles. The van der Waals surface area contributed by atoms with Crippen LogP contribution in [0.4, 0.5) is 5.69 Å². The number of hydrogen-bond donors (Lipinski definition) is 3. The zero-order chi connectivity index (χ0) is 10.1. The van der Waals surface area contributed by atoms with Crippen LogP contribution in [0.5, 0.6) is 5.75 Å². The number of benzene rings is 1. The van der Waals surface area contributed by atoms with Crippen LogP contribution in [0.3, 0.4) is 0 Å². The van der Waals surface area contributed by atoms with E-state index in [9.17, 15) is 0 Å². The lowest BCUT2D eigenvalue weighted by molar-refractivity contribution is 0.420. The van der Waals surface area contributed by atoms with Gasteiger partial charge in [-0.25, -0.2) is 0 Å². The molecular weight excluding hydrogens is 246 g/mol. The summed E-state index contributed by atoms with van der Waals surface area (Å²) in [7, 11) is 1.63. The first-order chi connectivity index (χ1) is 6.77. The first kappa shape index (κ1) is 9.36. The number of nitrogens with one attached hydrogen (secondary N) is 2. The Balaban J connectivity index is 2.80. The van der Waals surface area contributed by atoms with E-state index in [4.69, 9.17) is 10.6 Å². The monoisotopic (exact) mass is 255 g/mol. The number of aromatic nitrogens is 1. The summed E-state index contributed by atoms with van der Waals surface area (Å²) in [6.45, 7) is 0. The first-order valence-electron chi connectivity index (χ1n) is 4.08. The summed E-state index contributed by atoms with van der Waals surface area (Å²) in [6, 6.07) is 3.81. The topological polar surface area (TPSA) is 63.1 Å². The molecule has 0 bridgehead atoms. The summed E-state index contributed by atoms with van der Waals surface area (Å²) < 4.78 is 6.15.